The molecule has 0 aliphatic rings. The molecule has 1 aromatic carbocycles. The van der Waals surface area contributed by atoms with Crippen LogP contribution in [0.25, 0.3) is 11.8 Å². The van der Waals surface area contributed by atoms with Crippen LogP contribution in [0.2, 0.25) is 0 Å². The van der Waals surface area contributed by atoms with Gasteiger partial charge in [0.25, 0.3) is 0 Å². The maximum absolute atomic E-state index is 13.3. The maximum atomic E-state index is 13.3. The molecule has 5 nitrogen and oxygen atoms in total. The molecule has 0 aliphatic heterocycles. The van der Waals surface area contributed by atoms with Crippen LogP contribution < -0.4 is 0 Å². The number of carboxylic acids is 1. The second-order valence-electron chi connectivity index (χ2n) is 3.99. The summed E-state index contributed by atoms with van der Waals surface area (Å²) in [6, 6.07) is 4.09. The van der Waals surface area contributed by atoms with E-state index in [9.17, 15) is 9.18 Å². The van der Waals surface area contributed by atoms with E-state index in [0.29, 0.717) is 22.9 Å². The second kappa shape index (κ2) is 5.01. The molecular weight excluding hydrogens is 249 g/mol. The average Bonchev–Trinajstić information content (AvgIpc) is 2.66. The van der Waals surface area contributed by atoms with Gasteiger partial charge in [0, 0.05) is 11.6 Å². The van der Waals surface area contributed by atoms with Crippen LogP contribution in [0.4, 0.5) is 4.39 Å². The first kappa shape index (κ1) is 12.9. The first-order valence-corrected chi connectivity index (χ1v) is 5.58. The summed E-state index contributed by atoms with van der Waals surface area (Å²) < 4.78 is 14.8. The average molecular weight is 261 g/mol. The molecule has 0 atom stereocenters. The van der Waals surface area contributed by atoms with Gasteiger partial charge in [-0.15, -0.1) is 0 Å². The fraction of sp³-hybridized carbons (Fsp3) is 0.154. The topological polar surface area (TPSA) is 68.0 Å². The molecule has 0 fully saturated rings. The Morgan fingerprint density at radius 3 is 2.74 bits per heavy atom. The van der Waals surface area contributed by atoms with Crippen molar-refractivity contribution in [3.8, 4) is 5.69 Å². The zero-order chi connectivity index (χ0) is 14.0. The number of hydrogen-bond acceptors (Lipinski definition) is 3. The van der Waals surface area contributed by atoms with Crippen molar-refractivity contribution >= 4 is 12.0 Å². The van der Waals surface area contributed by atoms with Crippen molar-refractivity contribution in [2.45, 2.75) is 13.8 Å². The Hall–Kier alpha value is -2.50. The summed E-state index contributed by atoms with van der Waals surface area (Å²) in [7, 11) is 0. The Labute approximate surface area is 109 Å². The van der Waals surface area contributed by atoms with E-state index in [1.165, 1.54) is 24.3 Å². The van der Waals surface area contributed by atoms with E-state index < -0.39 is 11.8 Å². The lowest BCUT2D eigenvalue weighted by atomic mass is 10.1. The molecule has 0 spiro atoms. The molecule has 1 aromatic heterocycles. The Morgan fingerprint density at radius 2 is 2.16 bits per heavy atom. The van der Waals surface area contributed by atoms with E-state index in [1.54, 1.807) is 18.5 Å². The third-order valence-corrected chi connectivity index (χ3v) is 2.50. The fourth-order valence-electron chi connectivity index (χ4n) is 1.76. The van der Waals surface area contributed by atoms with Crippen molar-refractivity contribution < 1.29 is 14.3 Å². The summed E-state index contributed by atoms with van der Waals surface area (Å²) in [6.45, 7) is 3.52. The fourth-order valence-corrected chi connectivity index (χ4v) is 1.76. The van der Waals surface area contributed by atoms with Gasteiger partial charge in [-0.05, 0) is 38.1 Å². The van der Waals surface area contributed by atoms with E-state index in [0.717, 1.165) is 6.08 Å². The van der Waals surface area contributed by atoms with Crippen LogP contribution in [0.15, 0.2) is 24.3 Å². The van der Waals surface area contributed by atoms with Crippen LogP contribution in [0.5, 0.6) is 0 Å². The number of carbonyl (C=O) groups is 1. The predicted octanol–water partition coefficient (Wildman–Crippen LogP) is 2.12. The first-order valence-electron chi connectivity index (χ1n) is 5.58. The van der Waals surface area contributed by atoms with Gasteiger partial charge in [-0.2, -0.15) is 5.10 Å². The van der Waals surface area contributed by atoms with E-state index >= 15 is 0 Å². The lowest BCUT2D eigenvalue weighted by Crippen LogP contribution is -2.02. The number of carboxylic acid groups (broad SMARTS) is 1. The Morgan fingerprint density at radius 1 is 1.42 bits per heavy atom. The quantitative estimate of drug-likeness (QED) is 0.859. The molecule has 0 saturated carbocycles. The summed E-state index contributed by atoms with van der Waals surface area (Å²) in [5.41, 5.74) is 1.01. The number of rotatable bonds is 3. The molecule has 1 N–H and O–H groups in total. The highest BCUT2D eigenvalue weighted by molar-refractivity contribution is 5.86. The summed E-state index contributed by atoms with van der Waals surface area (Å²) in [4.78, 5) is 14.7. The van der Waals surface area contributed by atoms with Gasteiger partial charge in [0.1, 0.15) is 17.5 Å². The van der Waals surface area contributed by atoms with Gasteiger partial charge in [0.2, 0.25) is 0 Å². The van der Waals surface area contributed by atoms with Crippen molar-refractivity contribution in [1.82, 2.24) is 14.8 Å². The van der Waals surface area contributed by atoms with Crippen LogP contribution in [0.3, 0.4) is 0 Å². The normalized spacial score (nSPS) is 11.1. The smallest absolute Gasteiger partial charge is 0.328 e. The molecule has 1 heterocycles. The van der Waals surface area contributed by atoms with Crippen molar-refractivity contribution in [3.63, 3.8) is 0 Å². The number of aliphatic carboxylic acids is 1. The minimum Gasteiger partial charge on any atom is -0.478 e. The number of halogens is 1. The Bertz CT molecular complexity index is 662. The molecule has 98 valence electrons. The number of benzene rings is 1. The van der Waals surface area contributed by atoms with E-state index in [2.05, 4.69) is 10.1 Å². The summed E-state index contributed by atoms with van der Waals surface area (Å²) in [5.74, 6) is -0.297. The molecular formula is C13H12FN3O2. The number of nitrogens with zero attached hydrogens (tertiary/aromatic N) is 3. The highest BCUT2D eigenvalue weighted by atomic mass is 19.1. The lowest BCUT2D eigenvalue weighted by molar-refractivity contribution is -0.131. The highest BCUT2D eigenvalue weighted by Crippen LogP contribution is 2.18. The molecule has 0 saturated heterocycles. The van der Waals surface area contributed by atoms with Crippen LogP contribution in [0, 0.1) is 19.7 Å². The molecule has 0 bridgehead atoms. The molecule has 0 aliphatic carbocycles. The highest BCUT2D eigenvalue weighted by Gasteiger charge is 2.09. The number of hydrogen-bond donors (Lipinski definition) is 1. The first-order chi connectivity index (χ1) is 8.97. The third-order valence-electron chi connectivity index (χ3n) is 2.50. The minimum atomic E-state index is -1.10. The van der Waals surface area contributed by atoms with E-state index in [1.807, 2.05) is 0 Å². The van der Waals surface area contributed by atoms with Crippen LogP contribution in [-0.2, 0) is 4.79 Å². The zero-order valence-corrected chi connectivity index (χ0v) is 10.5. The van der Waals surface area contributed by atoms with Gasteiger partial charge in [-0.3, -0.25) is 0 Å². The third kappa shape index (κ3) is 2.85. The van der Waals surface area contributed by atoms with Gasteiger partial charge in [0.05, 0.1) is 5.69 Å². The SMILES string of the molecule is Cc1nc(C)n(-c2ccc(F)cc2/C=C/C(=O)O)n1. The van der Waals surface area contributed by atoms with Crippen molar-refractivity contribution in [3.05, 3.63) is 47.3 Å². The van der Waals surface area contributed by atoms with Gasteiger partial charge >= 0.3 is 5.97 Å². The minimum absolute atomic E-state index is 0.426. The van der Waals surface area contributed by atoms with Crippen LogP contribution in [-0.4, -0.2) is 25.8 Å². The molecule has 0 unspecified atom stereocenters. The Balaban J connectivity index is 2.57. The second-order valence-corrected chi connectivity index (χ2v) is 3.99. The number of aromatic nitrogens is 3. The zero-order valence-electron chi connectivity index (χ0n) is 10.5. The van der Waals surface area contributed by atoms with Crippen molar-refractivity contribution in [2.75, 3.05) is 0 Å². The van der Waals surface area contributed by atoms with Gasteiger partial charge in [-0.25, -0.2) is 18.9 Å². The van der Waals surface area contributed by atoms with Crippen molar-refractivity contribution in [2.24, 2.45) is 0 Å². The number of aryl methyl sites for hydroxylation is 2. The molecule has 0 amide bonds. The van der Waals surface area contributed by atoms with Gasteiger partial charge in [-0.1, -0.05) is 0 Å². The monoisotopic (exact) mass is 261 g/mol. The molecule has 2 rings (SSSR count). The summed E-state index contributed by atoms with van der Waals surface area (Å²) in [5, 5.41) is 12.8. The van der Waals surface area contributed by atoms with E-state index in [4.69, 9.17) is 5.11 Å². The summed E-state index contributed by atoms with van der Waals surface area (Å²) >= 11 is 0. The molecule has 19 heavy (non-hydrogen) atoms. The predicted molar refractivity (Wildman–Crippen MR) is 67.5 cm³/mol. The molecule has 0 radical (unpaired) electrons. The molecule has 6 heteroatoms. The maximum Gasteiger partial charge on any atom is 0.328 e. The van der Waals surface area contributed by atoms with Crippen LogP contribution in [0.1, 0.15) is 17.2 Å². The largest absolute Gasteiger partial charge is 0.478 e. The van der Waals surface area contributed by atoms with Gasteiger partial charge < -0.3 is 5.11 Å². The van der Waals surface area contributed by atoms with Gasteiger partial charge in [0.15, 0.2) is 0 Å². The standard InChI is InChI=1S/C13H12FN3O2/c1-8-15-9(2)17(16-8)12-5-4-11(14)7-10(12)3-6-13(18)19/h3-7H,1-2H3,(H,18,19)/b6-3+. The Kier molecular flexibility index (Phi) is 3.41. The van der Waals surface area contributed by atoms with E-state index in [-0.39, 0.29) is 0 Å². The summed E-state index contributed by atoms with van der Waals surface area (Å²) in [6.07, 6.45) is 2.29. The molecule has 2 aromatic rings. The van der Waals surface area contributed by atoms with Crippen molar-refractivity contribution in [1.29, 1.82) is 0 Å². The van der Waals surface area contributed by atoms with Crippen LogP contribution >= 0.6 is 0 Å². The lowest BCUT2D eigenvalue weighted by Gasteiger charge is -2.07.